The van der Waals surface area contributed by atoms with Gasteiger partial charge in [-0.1, -0.05) is 91.0 Å². The SMILES string of the molecule is C=CCOC(=O)C(C)CC(Cc1ccccc1)NC(=O)c1csc(C(CC(C(C)C)N(C)C(=O)C(N)C(C)CC)OC(=O)CC)n1. The first-order chi connectivity index (χ1) is 21.8. The molecule has 0 aliphatic carbocycles. The van der Waals surface area contributed by atoms with E-state index in [1.165, 1.54) is 17.4 Å². The summed E-state index contributed by atoms with van der Waals surface area (Å²) in [6, 6.07) is 8.39. The summed E-state index contributed by atoms with van der Waals surface area (Å²) in [6.45, 7) is 15.1. The monoisotopic (exact) mass is 656 g/mol. The van der Waals surface area contributed by atoms with Crippen LogP contribution in [-0.4, -0.2) is 65.4 Å². The number of amides is 2. The fraction of sp³-hybridized carbons (Fsp3) is 0.571. The zero-order chi connectivity index (χ0) is 34.4. The first-order valence-corrected chi connectivity index (χ1v) is 17.0. The van der Waals surface area contributed by atoms with Crippen molar-refractivity contribution in [2.75, 3.05) is 13.7 Å². The van der Waals surface area contributed by atoms with Crippen LogP contribution in [-0.2, 0) is 30.3 Å². The van der Waals surface area contributed by atoms with Crippen LogP contribution < -0.4 is 11.1 Å². The largest absolute Gasteiger partial charge is 0.461 e. The molecule has 10 nitrogen and oxygen atoms in total. The van der Waals surface area contributed by atoms with Gasteiger partial charge in [0, 0.05) is 37.4 Å². The van der Waals surface area contributed by atoms with Gasteiger partial charge in [-0.3, -0.25) is 19.2 Å². The van der Waals surface area contributed by atoms with Crippen LogP contribution in [0.3, 0.4) is 0 Å². The maximum atomic E-state index is 13.5. The molecule has 0 saturated carbocycles. The normalized spacial score (nSPS) is 15.2. The van der Waals surface area contributed by atoms with Crippen LogP contribution in [0.5, 0.6) is 0 Å². The van der Waals surface area contributed by atoms with Crippen molar-refractivity contribution in [2.45, 2.75) is 97.9 Å². The Morgan fingerprint density at radius 2 is 1.76 bits per heavy atom. The molecule has 0 spiro atoms. The molecule has 2 amide bonds. The van der Waals surface area contributed by atoms with E-state index in [0.717, 1.165) is 12.0 Å². The molecule has 6 atom stereocenters. The molecule has 0 radical (unpaired) electrons. The Hall–Kier alpha value is -3.57. The van der Waals surface area contributed by atoms with Crippen molar-refractivity contribution in [1.82, 2.24) is 15.2 Å². The van der Waals surface area contributed by atoms with E-state index in [2.05, 4.69) is 16.9 Å². The average Bonchev–Trinajstić information content (AvgIpc) is 3.54. The van der Waals surface area contributed by atoms with Crippen molar-refractivity contribution in [3.05, 3.63) is 64.6 Å². The Bertz CT molecular complexity index is 1280. The standard InChI is InChI=1S/C35H52N4O6S/c1-9-17-44-35(43)24(7)18-26(19-25-15-13-12-14-16-25)37-32(41)27-21-46-33(38-27)29(45-30(40)11-3)20-28(22(4)5)39(8)34(42)31(36)23(6)10-2/h9,12-16,21-24,26,28-29,31H,1,10-11,17-20,36H2,2-8H3,(H,37,41). The van der Waals surface area contributed by atoms with Gasteiger partial charge >= 0.3 is 11.9 Å². The van der Waals surface area contributed by atoms with Crippen LogP contribution in [0.2, 0.25) is 0 Å². The van der Waals surface area contributed by atoms with Crippen molar-refractivity contribution >= 4 is 35.1 Å². The van der Waals surface area contributed by atoms with E-state index in [9.17, 15) is 19.2 Å². The summed E-state index contributed by atoms with van der Waals surface area (Å²) in [7, 11) is 1.73. The van der Waals surface area contributed by atoms with E-state index >= 15 is 0 Å². The number of rotatable bonds is 19. The Morgan fingerprint density at radius 1 is 1.09 bits per heavy atom. The van der Waals surface area contributed by atoms with Crippen molar-refractivity contribution in [2.24, 2.45) is 23.5 Å². The van der Waals surface area contributed by atoms with Crippen molar-refractivity contribution in [3.63, 3.8) is 0 Å². The number of aromatic nitrogens is 1. The second kappa shape index (κ2) is 19.2. The van der Waals surface area contributed by atoms with Gasteiger partial charge in [0.15, 0.2) is 6.10 Å². The molecule has 46 heavy (non-hydrogen) atoms. The number of hydrogen-bond donors (Lipinski definition) is 2. The minimum atomic E-state index is -0.763. The highest BCUT2D eigenvalue weighted by molar-refractivity contribution is 7.09. The van der Waals surface area contributed by atoms with Gasteiger partial charge in [0.25, 0.3) is 5.91 Å². The predicted molar refractivity (Wildman–Crippen MR) is 181 cm³/mol. The third kappa shape index (κ3) is 11.7. The smallest absolute Gasteiger partial charge is 0.309 e. The molecular formula is C35H52N4O6S. The van der Waals surface area contributed by atoms with Gasteiger partial charge in [-0.15, -0.1) is 11.3 Å². The molecule has 0 saturated heterocycles. The number of thiazole rings is 1. The molecule has 1 aromatic heterocycles. The molecule has 11 heteroatoms. The van der Waals surface area contributed by atoms with E-state index < -0.39 is 29.9 Å². The first kappa shape index (κ1) is 38.6. The zero-order valence-electron chi connectivity index (χ0n) is 28.4. The first-order valence-electron chi connectivity index (χ1n) is 16.1. The Balaban J connectivity index is 2.30. The van der Waals surface area contributed by atoms with Gasteiger partial charge in [-0.2, -0.15) is 0 Å². The van der Waals surface area contributed by atoms with E-state index in [4.69, 9.17) is 15.2 Å². The third-order valence-electron chi connectivity index (χ3n) is 8.25. The second-order valence-electron chi connectivity index (χ2n) is 12.2. The lowest BCUT2D eigenvalue weighted by molar-refractivity contribution is -0.151. The lowest BCUT2D eigenvalue weighted by Crippen LogP contribution is -2.51. The maximum Gasteiger partial charge on any atom is 0.309 e. The summed E-state index contributed by atoms with van der Waals surface area (Å²) in [6.07, 6.45) is 2.87. The summed E-state index contributed by atoms with van der Waals surface area (Å²) in [5, 5.41) is 5.15. The van der Waals surface area contributed by atoms with Crippen LogP contribution in [0.25, 0.3) is 0 Å². The second-order valence-corrected chi connectivity index (χ2v) is 13.1. The Kier molecular flexibility index (Phi) is 16.1. The molecule has 2 rings (SSSR count). The van der Waals surface area contributed by atoms with Gasteiger partial charge in [-0.25, -0.2) is 4.98 Å². The highest BCUT2D eigenvalue weighted by atomic mass is 32.1. The van der Waals surface area contributed by atoms with E-state index in [-0.39, 0.29) is 54.5 Å². The number of nitrogens with two attached hydrogens (primary N) is 1. The molecule has 0 fully saturated rings. The number of nitrogens with zero attached hydrogens (tertiary/aromatic N) is 2. The minimum absolute atomic E-state index is 0.0167. The fourth-order valence-electron chi connectivity index (χ4n) is 5.13. The van der Waals surface area contributed by atoms with E-state index in [0.29, 0.717) is 24.3 Å². The average molecular weight is 657 g/mol. The molecule has 6 unspecified atom stereocenters. The number of carbonyl (C=O) groups excluding carboxylic acids is 4. The Labute approximate surface area is 278 Å². The molecule has 0 aliphatic rings. The van der Waals surface area contributed by atoms with Crippen molar-refractivity contribution in [1.29, 1.82) is 0 Å². The number of likely N-dealkylation sites (N-methyl/N-ethyl adjacent to an activating group) is 1. The number of hydrogen-bond acceptors (Lipinski definition) is 9. The number of esters is 2. The molecule has 254 valence electrons. The number of benzene rings is 1. The highest BCUT2D eigenvalue weighted by Gasteiger charge is 2.34. The predicted octanol–water partition coefficient (Wildman–Crippen LogP) is 5.48. The number of nitrogens with one attached hydrogen (secondary N) is 1. The summed E-state index contributed by atoms with van der Waals surface area (Å²) < 4.78 is 11.1. The lowest BCUT2D eigenvalue weighted by Gasteiger charge is -2.35. The summed E-state index contributed by atoms with van der Waals surface area (Å²) in [4.78, 5) is 58.0. The van der Waals surface area contributed by atoms with Gasteiger partial charge in [0.1, 0.15) is 17.3 Å². The van der Waals surface area contributed by atoms with Crippen molar-refractivity contribution < 1.29 is 28.7 Å². The Morgan fingerprint density at radius 3 is 2.35 bits per heavy atom. The van der Waals surface area contributed by atoms with Gasteiger partial charge in [0.05, 0.1) is 12.0 Å². The summed E-state index contributed by atoms with van der Waals surface area (Å²) >= 11 is 1.23. The molecule has 0 aliphatic heterocycles. The highest BCUT2D eigenvalue weighted by Crippen LogP contribution is 2.31. The van der Waals surface area contributed by atoms with Crippen LogP contribution >= 0.6 is 11.3 Å². The van der Waals surface area contributed by atoms with E-state index in [1.807, 2.05) is 58.0 Å². The van der Waals surface area contributed by atoms with Gasteiger partial charge in [0.2, 0.25) is 5.91 Å². The quantitative estimate of drug-likeness (QED) is 0.150. The third-order valence-corrected chi connectivity index (χ3v) is 9.19. The summed E-state index contributed by atoms with van der Waals surface area (Å²) in [5.74, 6) is -1.75. The van der Waals surface area contributed by atoms with Crippen LogP contribution in [0.1, 0.15) is 94.4 Å². The van der Waals surface area contributed by atoms with Crippen LogP contribution in [0, 0.1) is 17.8 Å². The molecule has 1 heterocycles. The fourth-order valence-corrected chi connectivity index (χ4v) is 5.97. The van der Waals surface area contributed by atoms with Crippen LogP contribution in [0.4, 0.5) is 0 Å². The van der Waals surface area contributed by atoms with Gasteiger partial charge < -0.3 is 25.4 Å². The van der Waals surface area contributed by atoms with Crippen molar-refractivity contribution in [3.8, 4) is 0 Å². The number of carbonyl (C=O) groups is 4. The maximum absolute atomic E-state index is 13.5. The minimum Gasteiger partial charge on any atom is -0.461 e. The molecular weight excluding hydrogens is 604 g/mol. The van der Waals surface area contributed by atoms with Crippen LogP contribution in [0.15, 0.2) is 48.4 Å². The molecule has 2 aromatic rings. The summed E-state index contributed by atoms with van der Waals surface area (Å²) in [5.41, 5.74) is 7.48. The number of ether oxygens (including phenoxy) is 2. The zero-order valence-corrected chi connectivity index (χ0v) is 29.2. The lowest BCUT2D eigenvalue weighted by atomic mass is 9.93. The van der Waals surface area contributed by atoms with Gasteiger partial charge in [-0.05, 0) is 30.2 Å². The van der Waals surface area contributed by atoms with E-state index in [1.54, 1.807) is 31.2 Å². The topological polar surface area (TPSA) is 141 Å². The molecule has 0 bridgehead atoms. The molecule has 1 aromatic carbocycles. The molecule has 3 N–H and O–H groups in total.